The number of hydrogen-bond acceptors (Lipinski definition) is 4. The number of fused-ring (bicyclic) bond motifs is 1. The molecule has 1 aliphatic heterocycles. The van der Waals surface area contributed by atoms with Crippen molar-refractivity contribution in [2.75, 3.05) is 10.8 Å². The Balaban J connectivity index is 2.51. The van der Waals surface area contributed by atoms with Crippen molar-refractivity contribution in [1.82, 2.24) is 0 Å². The van der Waals surface area contributed by atoms with Crippen molar-refractivity contribution in [3.05, 3.63) is 23.8 Å². The van der Waals surface area contributed by atoms with E-state index in [0.29, 0.717) is 24.2 Å². The zero-order chi connectivity index (χ0) is 15.3. The van der Waals surface area contributed by atoms with Gasteiger partial charge < -0.3 is 0 Å². The molecule has 0 fully saturated rings. The maximum absolute atomic E-state index is 12.5. The molecule has 8 heteroatoms. The van der Waals surface area contributed by atoms with Crippen LogP contribution in [0.1, 0.15) is 26.3 Å². The van der Waals surface area contributed by atoms with Crippen LogP contribution in [0.15, 0.2) is 23.1 Å². The van der Waals surface area contributed by atoms with Crippen LogP contribution >= 0.6 is 0 Å². The molecule has 0 aromatic heterocycles. The summed E-state index contributed by atoms with van der Waals surface area (Å²) in [7, 11) is -7.26. The fraction of sp³-hybridized carbons (Fsp3) is 0.500. The first-order chi connectivity index (χ1) is 8.94. The van der Waals surface area contributed by atoms with E-state index in [1.807, 2.05) is 0 Å². The summed E-state index contributed by atoms with van der Waals surface area (Å²) in [4.78, 5) is 0.00579. The Morgan fingerprint density at radius 1 is 1.15 bits per heavy atom. The van der Waals surface area contributed by atoms with Gasteiger partial charge in [0.2, 0.25) is 20.0 Å². The van der Waals surface area contributed by atoms with Crippen LogP contribution in [0.5, 0.6) is 0 Å². The third-order valence-electron chi connectivity index (χ3n) is 3.30. The van der Waals surface area contributed by atoms with Gasteiger partial charge in [-0.1, -0.05) is 0 Å². The minimum Gasteiger partial charge on any atom is -0.269 e. The molecule has 0 atom stereocenters. The highest BCUT2D eigenvalue weighted by molar-refractivity contribution is 7.94. The summed E-state index contributed by atoms with van der Waals surface area (Å²) in [5, 5.41) is 5.08. The molecule has 0 aliphatic carbocycles. The van der Waals surface area contributed by atoms with Crippen molar-refractivity contribution in [1.29, 1.82) is 0 Å². The molecular weight excluding hydrogens is 300 g/mol. The number of hydrogen-bond donors (Lipinski definition) is 1. The average Bonchev–Trinajstić information content (AvgIpc) is 2.68. The predicted octanol–water partition coefficient (Wildman–Crippen LogP) is 0.825. The Morgan fingerprint density at radius 2 is 1.75 bits per heavy atom. The number of primary sulfonamides is 1. The van der Waals surface area contributed by atoms with Gasteiger partial charge in [0.1, 0.15) is 0 Å². The van der Waals surface area contributed by atoms with Gasteiger partial charge in [-0.15, -0.1) is 0 Å². The van der Waals surface area contributed by atoms with E-state index in [9.17, 15) is 16.8 Å². The lowest BCUT2D eigenvalue weighted by atomic mass is 10.2. The first-order valence-electron chi connectivity index (χ1n) is 6.12. The molecule has 0 amide bonds. The first-order valence-corrected chi connectivity index (χ1v) is 9.11. The number of anilines is 1. The van der Waals surface area contributed by atoms with E-state index < -0.39 is 24.8 Å². The molecule has 2 N–H and O–H groups in total. The standard InChI is InChI=1S/C12H18N2O4S2/c1-12(2,3)20(17,18)14-7-6-9-8-10(19(13,15)16)4-5-11(9)14/h4-5,8H,6-7H2,1-3H3,(H2,13,15,16). The Kier molecular flexibility index (Phi) is 3.39. The van der Waals surface area contributed by atoms with Gasteiger partial charge >= 0.3 is 0 Å². The molecule has 1 aromatic carbocycles. The van der Waals surface area contributed by atoms with Crippen molar-refractivity contribution in [3.63, 3.8) is 0 Å². The molecule has 1 aliphatic rings. The Bertz CT molecular complexity index is 746. The second kappa shape index (κ2) is 4.44. The molecule has 0 radical (unpaired) electrons. The second-order valence-electron chi connectivity index (χ2n) is 5.78. The first kappa shape index (κ1) is 15.3. The van der Waals surface area contributed by atoms with Crippen LogP contribution in [0.4, 0.5) is 5.69 Å². The number of nitrogens with zero attached hydrogens (tertiary/aromatic N) is 1. The predicted molar refractivity (Wildman–Crippen MR) is 77.5 cm³/mol. The lowest BCUT2D eigenvalue weighted by Crippen LogP contribution is -2.42. The van der Waals surface area contributed by atoms with Crippen LogP contribution in [-0.4, -0.2) is 28.1 Å². The van der Waals surface area contributed by atoms with E-state index in [-0.39, 0.29) is 4.90 Å². The zero-order valence-electron chi connectivity index (χ0n) is 11.6. The Hall–Kier alpha value is -1.12. The SMILES string of the molecule is CC(C)(C)S(=O)(=O)N1CCc2cc(S(N)(=O)=O)ccc21. The van der Waals surface area contributed by atoms with Gasteiger partial charge in [0.25, 0.3) is 0 Å². The molecule has 1 aromatic rings. The lowest BCUT2D eigenvalue weighted by molar-refractivity contribution is 0.556. The van der Waals surface area contributed by atoms with Crippen LogP contribution < -0.4 is 9.44 Å². The van der Waals surface area contributed by atoms with E-state index in [1.54, 1.807) is 20.8 Å². The molecule has 1 heterocycles. The maximum Gasteiger partial charge on any atom is 0.240 e. The normalized spacial score (nSPS) is 16.3. The van der Waals surface area contributed by atoms with Crippen LogP contribution in [0, 0.1) is 0 Å². The van der Waals surface area contributed by atoms with Gasteiger partial charge in [-0.3, -0.25) is 4.31 Å². The van der Waals surface area contributed by atoms with Gasteiger partial charge in [-0.25, -0.2) is 22.0 Å². The molecular formula is C12H18N2O4S2. The fourth-order valence-electron chi connectivity index (χ4n) is 2.11. The van der Waals surface area contributed by atoms with Crippen molar-refractivity contribution in [2.45, 2.75) is 36.8 Å². The summed E-state index contributed by atoms with van der Waals surface area (Å²) in [5.74, 6) is 0. The third kappa shape index (κ3) is 2.43. The third-order valence-corrected chi connectivity index (χ3v) is 6.71. The highest BCUT2D eigenvalue weighted by atomic mass is 32.2. The van der Waals surface area contributed by atoms with Gasteiger partial charge in [-0.2, -0.15) is 0 Å². The van der Waals surface area contributed by atoms with Gasteiger partial charge in [0.15, 0.2) is 0 Å². The summed E-state index contributed by atoms with van der Waals surface area (Å²) < 4.78 is 48.0. The molecule has 0 bridgehead atoms. The molecule has 0 saturated heterocycles. The van der Waals surface area contributed by atoms with Crippen molar-refractivity contribution < 1.29 is 16.8 Å². The minimum absolute atomic E-state index is 0.00579. The second-order valence-corrected chi connectivity index (χ2v) is 9.95. The molecule has 0 unspecified atom stereocenters. The summed E-state index contributed by atoms with van der Waals surface area (Å²) in [5.41, 5.74) is 1.22. The summed E-state index contributed by atoms with van der Waals surface area (Å²) >= 11 is 0. The highest BCUT2D eigenvalue weighted by Crippen LogP contribution is 2.35. The van der Waals surface area contributed by atoms with Gasteiger partial charge in [0, 0.05) is 6.54 Å². The Morgan fingerprint density at radius 3 is 2.25 bits per heavy atom. The zero-order valence-corrected chi connectivity index (χ0v) is 13.3. The number of rotatable bonds is 2. The minimum atomic E-state index is -3.77. The molecule has 6 nitrogen and oxygen atoms in total. The van der Waals surface area contributed by atoms with E-state index in [1.165, 1.54) is 22.5 Å². The van der Waals surface area contributed by atoms with E-state index in [4.69, 9.17) is 5.14 Å². The van der Waals surface area contributed by atoms with Crippen molar-refractivity contribution in [3.8, 4) is 0 Å². The van der Waals surface area contributed by atoms with E-state index in [0.717, 1.165) is 0 Å². The fourth-order valence-corrected chi connectivity index (χ4v) is 4.10. The van der Waals surface area contributed by atoms with Crippen molar-refractivity contribution >= 4 is 25.7 Å². The molecule has 0 spiro atoms. The number of nitrogens with two attached hydrogens (primary N) is 1. The van der Waals surface area contributed by atoms with Gasteiger partial charge in [0.05, 0.1) is 15.3 Å². The van der Waals surface area contributed by atoms with Crippen LogP contribution in [0.25, 0.3) is 0 Å². The Labute approximate surface area is 119 Å². The largest absolute Gasteiger partial charge is 0.269 e. The maximum atomic E-state index is 12.5. The molecule has 2 rings (SSSR count). The van der Waals surface area contributed by atoms with Crippen molar-refractivity contribution in [2.24, 2.45) is 5.14 Å². The monoisotopic (exact) mass is 318 g/mol. The summed E-state index contributed by atoms with van der Waals surface area (Å²) in [6.45, 7) is 5.24. The average molecular weight is 318 g/mol. The van der Waals surface area contributed by atoms with Gasteiger partial charge in [-0.05, 0) is 51.0 Å². The van der Waals surface area contributed by atoms with E-state index in [2.05, 4.69) is 0 Å². The quantitative estimate of drug-likeness (QED) is 0.873. The van der Waals surface area contributed by atoms with Crippen LogP contribution in [0.2, 0.25) is 0 Å². The van der Waals surface area contributed by atoms with E-state index >= 15 is 0 Å². The molecule has 112 valence electrons. The number of sulfonamides is 2. The van der Waals surface area contributed by atoms with Crippen LogP contribution in [0.3, 0.4) is 0 Å². The summed E-state index contributed by atoms with van der Waals surface area (Å²) in [6.07, 6.45) is 0.480. The molecule has 0 saturated carbocycles. The van der Waals surface area contributed by atoms with Crippen LogP contribution in [-0.2, 0) is 26.5 Å². The smallest absolute Gasteiger partial charge is 0.240 e. The number of benzene rings is 1. The molecule has 20 heavy (non-hydrogen) atoms. The summed E-state index contributed by atoms with van der Waals surface area (Å²) in [6, 6.07) is 4.29. The lowest BCUT2D eigenvalue weighted by Gasteiger charge is -2.28. The topological polar surface area (TPSA) is 97.5 Å². The highest BCUT2D eigenvalue weighted by Gasteiger charge is 2.38.